The molecule has 0 heterocycles. The van der Waals surface area contributed by atoms with Crippen LogP contribution in [0.1, 0.15) is 15.9 Å². The first-order valence-corrected chi connectivity index (χ1v) is 10.9. The van der Waals surface area contributed by atoms with Gasteiger partial charge >= 0.3 is 10.1 Å². The molecule has 0 fully saturated rings. The number of rotatable bonds is 8. The highest BCUT2D eigenvalue weighted by Gasteiger charge is 2.20. The lowest BCUT2D eigenvalue weighted by atomic mass is 10.2. The number of nitro groups is 1. The molecule has 3 aromatic rings. The largest absolute Gasteiger partial charge is 0.493 e. The summed E-state index contributed by atoms with van der Waals surface area (Å²) in [5.41, 5.74) is 2.97. The van der Waals surface area contributed by atoms with Gasteiger partial charge in [-0.05, 0) is 60.2 Å². The number of nitrogens with one attached hydrogen (secondary N) is 1. The Balaban J connectivity index is 1.72. The molecule has 0 bridgehead atoms. The van der Waals surface area contributed by atoms with Gasteiger partial charge in [0.15, 0.2) is 11.5 Å². The first-order chi connectivity index (χ1) is 15.7. The molecule has 10 nitrogen and oxygen atoms in total. The zero-order valence-corrected chi connectivity index (χ0v) is 18.5. The first-order valence-electron chi connectivity index (χ1n) is 9.15. The summed E-state index contributed by atoms with van der Waals surface area (Å²) in [6, 6.07) is 14.8. The minimum absolute atomic E-state index is 0.0912. The number of carbonyl (C=O) groups is 1. The minimum Gasteiger partial charge on any atom is -0.493 e. The first kappa shape index (κ1) is 23.7. The zero-order chi connectivity index (χ0) is 24.0. The Hall–Kier alpha value is -3.96. The van der Waals surface area contributed by atoms with E-state index in [9.17, 15) is 23.3 Å². The quantitative estimate of drug-likeness (QED) is 0.220. The van der Waals surface area contributed by atoms with Gasteiger partial charge in [-0.1, -0.05) is 11.6 Å². The summed E-state index contributed by atoms with van der Waals surface area (Å²) in [6.45, 7) is 0. The molecule has 1 N–H and O–H groups in total. The number of halogens is 1. The molecule has 0 aliphatic carbocycles. The predicted molar refractivity (Wildman–Crippen MR) is 120 cm³/mol. The van der Waals surface area contributed by atoms with Crippen molar-refractivity contribution in [3.8, 4) is 11.5 Å². The molecule has 12 heteroatoms. The maximum atomic E-state index is 12.5. The standard InChI is InChI=1S/C21H16ClN3O7S/c1-31-20-12-14(13-23-24-21(26)15-3-5-16(22)6-4-15)2-11-19(20)32-33(29,30)18-9-7-17(8-10-18)25(27)28/h2-13H,1H3,(H,24,26)/b23-13-. The fourth-order valence-corrected chi connectivity index (χ4v) is 3.63. The fourth-order valence-electron chi connectivity index (χ4n) is 2.57. The summed E-state index contributed by atoms with van der Waals surface area (Å²) in [4.78, 5) is 21.9. The summed E-state index contributed by atoms with van der Waals surface area (Å²) >= 11 is 5.79. The van der Waals surface area contributed by atoms with E-state index in [1.165, 1.54) is 31.5 Å². The molecule has 3 rings (SSSR count). The highest BCUT2D eigenvalue weighted by Crippen LogP contribution is 2.30. The van der Waals surface area contributed by atoms with Crippen LogP contribution in [0.5, 0.6) is 11.5 Å². The van der Waals surface area contributed by atoms with Crippen molar-refractivity contribution in [1.29, 1.82) is 0 Å². The number of nitro benzene ring substituents is 1. The summed E-state index contributed by atoms with van der Waals surface area (Å²) in [7, 11) is -2.94. The molecule has 1 amide bonds. The molecule has 0 aliphatic rings. The maximum Gasteiger partial charge on any atom is 0.339 e. The van der Waals surface area contributed by atoms with Crippen molar-refractivity contribution in [1.82, 2.24) is 5.43 Å². The van der Waals surface area contributed by atoms with Gasteiger partial charge in [-0.2, -0.15) is 13.5 Å². The number of carbonyl (C=O) groups excluding carboxylic acids is 1. The Labute approximate surface area is 193 Å². The Morgan fingerprint density at radius 3 is 2.33 bits per heavy atom. The van der Waals surface area contributed by atoms with E-state index >= 15 is 0 Å². The van der Waals surface area contributed by atoms with Gasteiger partial charge in [-0.15, -0.1) is 0 Å². The van der Waals surface area contributed by atoms with Crippen LogP contribution >= 0.6 is 11.6 Å². The van der Waals surface area contributed by atoms with Gasteiger partial charge in [0.25, 0.3) is 11.6 Å². The maximum absolute atomic E-state index is 12.5. The van der Waals surface area contributed by atoms with E-state index in [-0.39, 0.29) is 22.1 Å². The number of amides is 1. The Kier molecular flexibility index (Phi) is 7.26. The highest BCUT2D eigenvalue weighted by atomic mass is 35.5. The lowest BCUT2D eigenvalue weighted by Gasteiger charge is -2.11. The van der Waals surface area contributed by atoms with E-state index in [2.05, 4.69) is 10.5 Å². The normalized spacial score (nSPS) is 11.2. The number of hydrazone groups is 1. The van der Waals surface area contributed by atoms with Gasteiger partial charge < -0.3 is 8.92 Å². The van der Waals surface area contributed by atoms with Crippen LogP contribution in [-0.4, -0.2) is 32.6 Å². The second kappa shape index (κ2) is 10.1. The molecule has 0 unspecified atom stereocenters. The van der Waals surface area contributed by atoms with E-state index < -0.39 is 20.9 Å². The molecule has 33 heavy (non-hydrogen) atoms. The monoisotopic (exact) mass is 489 g/mol. The van der Waals surface area contributed by atoms with Crippen molar-refractivity contribution in [2.75, 3.05) is 7.11 Å². The van der Waals surface area contributed by atoms with E-state index in [4.69, 9.17) is 20.5 Å². The molecule has 0 aliphatic heterocycles. The minimum atomic E-state index is -4.27. The summed E-state index contributed by atoms with van der Waals surface area (Å²) in [6.07, 6.45) is 1.34. The molecule has 0 radical (unpaired) electrons. The third-order valence-electron chi connectivity index (χ3n) is 4.21. The lowest BCUT2D eigenvalue weighted by Crippen LogP contribution is -2.17. The second-order valence-electron chi connectivity index (χ2n) is 6.40. The predicted octanol–water partition coefficient (Wildman–Crippen LogP) is 3.79. The van der Waals surface area contributed by atoms with E-state index in [1.807, 2.05) is 0 Å². The number of ether oxygens (including phenoxy) is 1. The number of hydrogen-bond donors (Lipinski definition) is 1. The van der Waals surface area contributed by atoms with Crippen LogP contribution in [0.25, 0.3) is 0 Å². The van der Waals surface area contributed by atoms with Crippen molar-refractivity contribution in [3.63, 3.8) is 0 Å². The van der Waals surface area contributed by atoms with Crippen LogP contribution in [0.15, 0.2) is 76.7 Å². The number of hydrogen-bond acceptors (Lipinski definition) is 8. The Morgan fingerprint density at radius 1 is 1.06 bits per heavy atom. The highest BCUT2D eigenvalue weighted by molar-refractivity contribution is 7.87. The van der Waals surface area contributed by atoms with Gasteiger partial charge in [-0.25, -0.2) is 5.43 Å². The molecular weight excluding hydrogens is 474 g/mol. The molecule has 0 aromatic heterocycles. The van der Waals surface area contributed by atoms with Crippen LogP contribution in [-0.2, 0) is 10.1 Å². The molecular formula is C21H16ClN3O7S. The van der Waals surface area contributed by atoms with Gasteiger partial charge in [-0.3, -0.25) is 14.9 Å². The SMILES string of the molecule is COc1cc(/C=N\NC(=O)c2ccc(Cl)cc2)ccc1OS(=O)(=O)c1ccc([N+](=O)[O-])cc1. The van der Waals surface area contributed by atoms with Crippen molar-refractivity contribution >= 4 is 39.5 Å². The van der Waals surface area contributed by atoms with E-state index in [0.29, 0.717) is 16.1 Å². The van der Waals surface area contributed by atoms with Crippen molar-refractivity contribution in [2.45, 2.75) is 4.90 Å². The molecule has 3 aromatic carbocycles. The smallest absolute Gasteiger partial charge is 0.339 e. The summed E-state index contributed by atoms with van der Waals surface area (Å²) in [5, 5.41) is 15.1. The van der Waals surface area contributed by atoms with E-state index in [1.54, 1.807) is 24.3 Å². The number of nitrogens with zero attached hydrogens (tertiary/aromatic N) is 2. The fraction of sp³-hybridized carbons (Fsp3) is 0.0476. The topological polar surface area (TPSA) is 137 Å². The molecule has 0 saturated heterocycles. The number of methoxy groups -OCH3 is 1. The number of non-ortho nitro benzene ring substituents is 1. The molecule has 170 valence electrons. The summed E-state index contributed by atoms with van der Waals surface area (Å²) in [5.74, 6) is -0.448. The zero-order valence-electron chi connectivity index (χ0n) is 17.0. The molecule has 0 atom stereocenters. The Bertz CT molecular complexity index is 1310. The van der Waals surface area contributed by atoms with Gasteiger partial charge in [0.1, 0.15) is 4.90 Å². The molecule has 0 spiro atoms. The van der Waals surface area contributed by atoms with E-state index in [0.717, 1.165) is 24.3 Å². The lowest BCUT2D eigenvalue weighted by molar-refractivity contribution is -0.384. The Morgan fingerprint density at radius 2 is 1.73 bits per heavy atom. The second-order valence-corrected chi connectivity index (χ2v) is 8.39. The summed E-state index contributed by atoms with van der Waals surface area (Å²) < 4.78 is 35.3. The third kappa shape index (κ3) is 6.05. The van der Waals surface area contributed by atoms with Crippen LogP contribution in [0, 0.1) is 10.1 Å². The average molecular weight is 490 g/mol. The van der Waals surface area contributed by atoms with Crippen LogP contribution in [0.4, 0.5) is 5.69 Å². The van der Waals surface area contributed by atoms with Crippen LogP contribution in [0.3, 0.4) is 0 Å². The number of benzene rings is 3. The van der Waals surface area contributed by atoms with Crippen LogP contribution in [0.2, 0.25) is 5.02 Å². The van der Waals surface area contributed by atoms with Gasteiger partial charge in [0.05, 0.1) is 18.2 Å². The molecule has 0 saturated carbocycles. The van der Waals surface area contributed by atoms with Gasteiger partial charge in [0.2, 0.25) is 0 Å². The van der Waals surface area contributed by atoms with Crippen molar-refractivity contribution < 1.29 is 27.1 Å². The van der Waals surface area contributed by atoms with Crippen molar-refractivity contribution in [3.05, 3.63) is 93.0 Å². The van der Waals surface area contributed by atoms with Crippen molar-refractivity contribution in [2.24, 2.45) is 5.10 Å². The third-order valence-corrected chi connectivity index (χ3v) is 5.71. The van der Waals surface area contributed by atoms with Crippen LogP contribution < -0.4 is 14.3 Å². The van der Waals surface area contributed by atoms with Gasteiger partial charge in [0, 0.05) is 22.7 Å². The average Bonchev–Trinajstić information content (AvgIpc) is 2.80.